The highest BCUT2D eigenvalue weighted by molar-refractivity contribution is 5.85. The van der Waals surface area contributed by atoms with Crippen molar-refractivity contribution in [3.8, 4) is 0 Å². The molecule has 1 aliphatic carbocycles. The van der Waals surface area contributed by atoms with E-state index in [-0.39, 0.29) is 11.7 Å². The van der Waals surface area contributed by atoms with Crippen molar-refractivity contribution in [1.29, 1.82) is 0 Å². The van der Waals surface area contributed by atoms with E-state index in [9.17, 15) is 4.79 Å². The molecule has 0 radical (unpaired) electrons. The smallest absolute Gasteiger partial charge is 0.354 e. The quantitative estimate of drug-likeness (QED) is 0.771. The highest BCUT2D eigenvalue weighted by atomic mass is 16.4. The van der Waals surface area contributed by atoms with Crippen molar-refractivity contribution in [3.63, 3.8) is 0 Å². The van der Waals surface area contributed by atoms with Gasteiger partial charge < -0.3 is 5.11 Å². The zero-order valence-corrected chi connectivity index (χ0v) is 7.50. The fraction of sp³-hybridized carbons (Fsp3) is 0.200. The largest absolute Gasteiger partial charge is 0.477 e. The summed E-state index contributed by atoms with van der Waals surface area (Å²) in [4.78, 5) is 10.8. The highest BCUT2D eigenvalue weighted by Crippen LogP contribution is 2.18. The van der Waals surface area contributed by atoms with Crippen molar-refractivity contribution in [2.45, 2.75) is 12.5 Å². The standard InChI is InChI=1S/C10H10N2O2/c13-10(14)9-6-7-11-12(9)8-4-2-1-3-5-8/h1-4,6-8H,5H2,(H,13,14). The van der Waals surface area contributed by atoms with E-state index < -0.39 is 5.97 Å². The second kappa shape index (κ2) is 3.49. The number of hydrogen-bond donors (Lipinski definition) is 1. The Hall–Kier alpha value is -1.84. The summed E-state index contributed by atoms with van der Waals surface area (Å²) in [6.07, 6.45) is 10.1. The first-order valence-corrected chi connectivity index (χ1v) is 4.39. The molecule has 1 aliphatic rings. The second-order valence-corrected chi connectivity index (χ2v) is 3.08. The summed E-state index contributed by atoms with van der Waals surface area (Å²) in [5.74, 6) is -0.939. The minimum Gasteiger partial charge on any atom is -0.477 e. The van der Waals surface area contributed by atoms with Crippen molar-refractivity contribution in [2.24, 2.45) is 0 Å². The van der Waals surface area contributed by atoms with E-state index in [1.807, 2.05) is 24.3 Å². The Morgan fingerprint density at radius 1 is 1.57 bits per heavy atom. The summed E-state index contributed by atoms with van der Waals surface area (Å²) in [6, 6.07) is 1.54. The van der Waals surface area contributed by atoms with E-state index in [2.05, 4.69) is 5.10 Å². The first-order valence-electron chi connectivity index (χ1n) is 4.39. The molecular weight excluding hydrogens is 180 g/mol. The molecule has 72 valence electrons. The molecule has 14 heavy (non-hydrogen) atoms. The van der Waals surface area contributed by atoms with Crippen LogP contribution >= 0.6 is 0 Å². The molecule has 0 fully saturated rings. The molecule has 1 heterocycles. The van der Waals surface area contributed by atoms with Crippen LogP contribution < -0.4 is 0 Å². The van der Waals surface area contributed by atoms with Gasteiger partial charge in [0.25, 0.3) is 0 Å². The Morgan fingerprint density at radius 2 is 2.43 bits per heavy atom. The van der Waals surface area contributed by atoms with E-state index in [4.69, 9.17) is 5.11 Å². The monoisotopic (exact) mass is 190 g/mol. The normalized spacial score (nSPS) is 19.9. The van der Waals surface area contributed by atoms with Gasteiger partial charge in [-0.25, -0.2) is 4.79 Å². The molecule has 1 aromatic rings. The number of allylic oxidation sites excluding steroid dienone is 4. The lowest BCUT2D eigenvalue weighted by atomic mass is 10.1. The van der Waals surface area contributed by atoms with Gasteiger partial charge in [-0.2, -0.15) is 5.10 Å². The zero-order chi connectivity index (χ0) is 9.97. The maximum Gasteiger partial charge on any atom is 0.354 e. The maximum atomic E-state index is 10.8. The molecule has 0 saturated heterocycles. The average Bonchev–Trinajstić information content (AvgIpc) is 2.67. The molecule has 1 unspecified atom stereocenters. The van der Waals surface area contributed by atoms with Gasteiger partial charge >= 0.3 is 5.97 Å². The van der Waals surface area contributed by atoms with Gasteiger partial charge in [-0.1, -0.05) is 24.3 Å². The van der Waals surface area contributed by atoms with Crippen molar-refractivity contribution in [2.75, 3.05) is 0 Å². The Labute approximate surface area is 81.2 Å². The first-order chi connectivity index (χ1) is 6.79. The van der Waals surface area contributed by atoms with Gasteiger partial charge in [0.05, 0.1) is 6.04 Å². The third-order valence-electron chi connectivity index (χ3n) is 2.16. The number of aromatic nitrogens is 2. The average molecular weight is 190 g/mol. The summed E-state index contributed by atoms with van der Waals surface area (Å²) in [5.41, 5.74) is 0.231. The molecule has 0 saturated carbocycles. The van der Waals surface area contributed by atoms with Gasteiger partial charge in [0, 0.05) is 6.20 Å². The lowest BCUT2D eigenvalue weighted by Gasteiger charge is -2.14. The SMILES string of the molecule is O=C(O)c1ccnn1C1C=CC=CC1. The highest BCUT2D eigenvalue weighted by Gasteiger charge is 2.16. The van der Waals surface area contributed by atoms with Crippen LogP contribution in [0.15, 0.2) is 36.6 Å². The fourth-order valence-corrected chi connectivity index (χ4v) is 1.50. The molecule has 1 atom stereocenters. The van der Waals surface area contributed by atoms with E-state index in [1.54, 1.807) is 0 Å². The van der Waals surface area contributed by atoms with Crippen molar-refractivity contribution >= 4 is 5.97 Å². The number of carbonyl (C=O) groups is 1. The van der Waals surface area contributed by atoms with Gasteiger partial charge in [0.15, 0.2) is 0 Å². The molecule has 4 nitrogen and oxygen atoms in total. The Balaban J connectivity index is 2.32. The minimum absolute atomic E-state index is 0.0288. The minimum atomic E-state index is -0.939. The summed E-state index contributed by atoms with van der Waals surface area (Å²) in [6.45, 7) is 0. The van der Waals surface area contributed by atoms with Gasteiger partial charge in [0.2, 0.25) is 0 Å². The number of rotatable bonds is 2. The van der Waals surface area contributed by atoms with Gasteiger partial charge in [-0.15, -0.1) is 0 Å². The maximum absolute atomic E-state index is 10.8. The second-order valence-electron chi connectivity index (χ2n) is 3.08. The Bertz CT molecular complexity index is 404. The molecule has 0 aromatic carbocycles. The molecule has 0 spiro atoms. The van der Waals surface area contributed by atoms with E-state index >= 15 is 0 Å². The molecule has 1 aromatic heterocycles. The van der Waals surface area contributed by atoms with Crippen LogP contribution in [0.5, 0.6) is 0 Å². The number of carboxylic acids is 1. The molecular formula is C10H10N2O2. The third-order valence-corrected chi connectivity index (χ3v) is 2.16. The topological polar surface area (TPSA) is 55.1 Å². The Kier molecular flexibility index (Phi) is 2.18. The molecule has 1 N–H and O–H groups in total. The number of nitrogens with zero attached hydrogens (tertiary/aromatic N) is 2. The van der Waals surface area contributed by atoms with Crippen molar-refractivity contribution < 1.29 is 9.90 Å². The van der Waals surface area contributed by atoms with Crippen LogP contribution in [0.2, 0.25) is 0 Å². The van der Waals surface area contributed by atoms with Crippen LogP contribution in [0, 0.1) is 0 Å². The number of aromatic carboxylic acids is 1. The van der Waals surface area contributed by atoms with Gasteiger partial charge in [-0.3, -0.25) is 4.68 Å². The molecule has 0 bridgehead atoms. The lowest BCUT2D eigenvalue weighted by Crippen LogP contribution is -2.15. The summed E-state index contributed by atoms with van der Waals surface area (Å²) in [7, 11) is 0. The molecule has 2 rings (SSSR count). The van der Waals surface area contributed by atoms with Crippen LogP contribution in [0.3, 0.4) is 0 Å². The van der Waals surface area contributed by atoms with E-state index in [0.29, 0.717) is 0 Å². The zero-order valence-electron chi connectivity index (χ0n) is 7.50. The van der Waals surface area contributed by atoms with Crippen molar-refractivity contribution in [1.82, 2.24) is 9.78 Å². The van der Waals surface area contributed by atoms with Crippen LogP contribution in [0.4, 0.5) is 0 Å². The van der Waals surface area contributed by atoms with Gasteiger partial charge in [-0.05, 0) is 12.5 Å². The predicted molar refractivity (Wildman–Crippen MR) is 51.1 cm³/mol. The van der Waals surface area contributed by atoms with Crippen LogP contribution in [-0.4, -0.2) is 20.9 Å². The molecule has 4 heteroatoms. The summed E-state index contributed by atoms with van der Waals surface area (Å²) < 4.78 is 1.53. The summed E-state index contributed by atoms with van der Waals surface area (Å²) >= 11 is 0. The van der Waals surface area contributed by atoms with Crippen LogP contribution in [0.25, 0.3) is 0 Å². The molecule has 0 aliphatic heterocycles. The summed E-state index contributed by atoms with van der Waals surface area (Å²) in [5, 5.41) is 12.9. The number of carboxylic acid groups (broad SMARTS) is 1. The van der Waals surface area contributed by atoms with Gasteiger partial charge in [0.1, 0.15) is 5.69 Å². The molecule has 0 amide bonds. The van der Waals surface area contributed by atoms with Crippen molar-refractivity contribution in [3.05, 3.63) is 42.3 Å². The Morgan fingerprint density at radius 3 is 3.07 bits per heavy atom. The predicted octanol–water partition coefficient (Wildman–Crippen LogP) is 1.64. The number of hydrogen-bond acceptors (Lipinski definition) is 2. The van der Waals surface area contributed by atoms with Crippen LogP contribution in [0.1, 0.15) is 23.0 Å². The van der Waals surface area contributed by atoms with E-state index in [1.165, 1.54) is 16.9 Å². The van der Waals surface area contributed by atoms with E-state index in [0.717, 1.165) is 6.42 Å². The van der Waals surface area contributed by atoms with Crippen LogP contribution in [-0.2, 0) is 0 Å². The third kappa shape index (κ3) is 1.46. The fourth-order valence-electron chi connectivity index (χ4n) is 1.50. The lowest BCUT2D eigenvalue weighted by molar-refractivity contribution is 0.0681. The first kappa shape index (κ1) is 8.74.